The van der Waals surface area contributed by atoms with Crippen molar-refractivity contribution in [1.82, 2.24) is 10.6 Å². The highest BCUT2D eigenvalue weighted by Gasteiger charge is 2.29. The van der Waals surface area contributed by atoms with E-state index in [9.17, 15) is 8.42 Å². The van der Waals surface area contributed by atoms with Crippen LogP contribution in [0.4, 0.5) is 0 Å². The maximum atomic E-state index is 11.6. The zero-order valence-corrected chi connectivity index (χ0v) is 13.0. The van der Waals surface area contributed by atoms with E-state index in [1.807, 2.05) is 6.92 Å². The molecule has 0 unspecified atom stereocenters. The van der Waals surface area contributed by atoms with Gasteiger partial charge in [-0.25, -0.2) is 8.42 Å². The number of hydrogen-bond donors (Lipinski definition) is 2. The zero-order chi connectivity index (χ0) is 14.2. The third-order valence-corrected chi connectivity index (χ3v) is 4.93. The van der Waals surface area contributed by atoms with Gasteiger partial charge in [0.2, 0.25) is 0 Å². The lowest BCUT2D eigenvalue weighted by atomic mass is 10.2. The summed E-state index contributed by atoms with van der Waals surface area (Å²) < 4.78 is 22.3. The molecule has 0 radical (unpaired) electrons. The first-order chi connectivity index (χ1) is 8.24. The summed E-state index contributed by atoms with van der Waals surface area (Å²) in [6.07, 6.45) is 3.43. The molecule has 0 aliphatic rings. The molecule has 0 aromatic heterocycles. The molecule has 0 aromatic carbocycles. The van der Waals surface area contributed by atoms with E-state index in [1.165, 1.54) is 6.26 Å². The highest BCUT2D eigenvalue weighted by atomic mass is 32.2. The van der Waals surface area contributed by atoms with Crippen molar-refractivity contribution < 1.29 is 8.42 Å². The Morgan fingerprint density at radius 1 is 1.22 bits per heavy atom. The SMILES string of the molecule is CCCCNC(=NCC(C)(C)S(C)(=O)=O)NCC. The first-order valence-electron chi connectivity index (χ1n) is 6.46. The second kappa shape index (κ2) is 7.61. The van der Waals surface area contributed by atoms with Crippen LogP contribution in [0.5, 0.6) is 0 Å². The van der Waals surface area contributed by atoms with Gasteiger partial charge in [-0.05, 0) is 27.2 Å². The molecule has 5 nitrogen and oxygen atoms in total. The second-order valence-corrected chi connectivity index (χ2v) is 7.66. The van der Waals surface area contributed by atoms with Crippen molar-refractivity contribution in [2.24, 2.45) is 4.99 Å². The largest absolute Gasteiger partial charge is 0.357 e. The number of hydrogen-bond acceptors (Lipinski definition) is 3. The molecule has 0 fully saturated rings. The van der Waals surface area contributed by atoms with Crippen molar-refractivity contribution in [3.63, 3.8) is 0 Å². The molecular formula is C12H27N3O2S. The molecule has 0 aromatic rings. The molecular weight excluding hydrogens is 250 g/mol. The van der Waals surface area contributed by atoms with E-state index >= 15 is 0 Å². The lowest BCUT2D eigenvalue weighted by Gasteiger charge is -2.21. The number of unbranched alkanes of at least 4 members (excludes halogenated alkanes) is 1. The van der Waals surface area contributed by atoms with Gasteiger partial charge in [0.1, 0.15) is 0 Å². The van der Waals surface area contributed by atoms with Gasteiger partial charge < -0.3 is 10.6 Å². The fraction of sp³-hybridized carbons (Fsp3) is 0.917. The third kappa shape index (κ3) is 6.23. The topological polar surface area (TPSA) is 70.6 Å². The highest BCUT2D eigenvalue weighted by Crippen LogP contribution is 2.14. The molecule has 18 heavy (non-hydrogen) atoms. The van der Waals surface area contributed by atoms with Crippen LogP contribution in [-0.4, -0.2) is 45.0 Å². The number of nitrogens with one attached hydrogen (secondary N) is 2. The van der Waals surface area contributed by atoms with Crippen LogP contribution in [0.15, 0.2) is 4.99 Å². The molecule has 0 bridgehead atoms. The maximum Gasteiger partial charge on any atom is 0.191 e. The van der Waals surface area contributed by atoms with Gasteiger partial charge in [-0.3, -0.25) is 4.99 Å². The highest BCUT2D eigenvalue weighted by molar-refractivity contribution is 7.92. The Morgan fingerprint density at radius 2 is 1.83 bits per heavy atom. The van der Waals surface area contributed by atoms with Crippen LogP contribution in [0.25, 0.3) is 0 Å². The van der Waals surface area contributed by atoms with Gasteiger partial charge in [-0.15, -0.1) is 0 Å². The van der Waals surface area contributed by atoms with Gasteiger partial charge in [-0.1, -0.05) is 13.3 Å². The Morgan fingerprint density at radius 3 is 2.28 bits per heavy atom. The molecule has 0 aliphatic carbocycles. The Hall–Kier alpha value is -0.780. The lowest BCUT2D eigenvalue weighted by Crippen LogP contribution is -2.40. The summed E-state index contributed by atoms with van der Waals surface area (Å²) in [6.45, 7) is 9.37. The molecule has 6 heteroatoms. The monoisotopic (exact) mass is 277 g/mol. The molecule has 0 saturated carbocycles. The second-order valence-electron chi connectivity index (χ2n) is 5.01. The van der Waals surface area contributed by atoms with Gasteiger partial charge in [0.05, 0.1) is 11.3 Å². The van der Waals surface area contributed by atoms with E-state index in [0.717, 1.165) is 25.9 Å². The van der Waals surface area contributed by atoms with Gasteiger partial charge in [0.15, 0.2) is 15.8 Å². The lowest BCUT2D eigenvalue weighted by molar-refractivity contribution is 0.554. The third-order valence-electron chi connectivity index (χ3n) is 2.79. The average Bonchev–Trinajstić information content (AvgIpc) is 2.24. The van der Waals surface area contributed by atoms with Crippen LogP contribution in [0.1, 0.15) is 40.5 Å². The fourth-order valence-corrected chi connectivity index (χ4v) is 1.41. The van der Waals surface area contributed by atoms with E-state index in [4.69, 9.17) is 0 Å². The Labute approximate surface area is 111 Å². The summed E-state index contributed by atoms with van der Waals surface area (Å²) in [6, 6.07) is 0. The Bertz CT molecular complexity index is 362. The molecule has 108 valence electrons. The van der Waals surface area contributed by atoms with Gasteiger partial charge in [0, 0.05) is 19.3 Å². The molecule has 0 heterocycles. The van der Waals surface area contributed by atoms with E-state index < -0.39 is 14.6 Å². The predicted octanol–water partition coefficient (Wildman–Crippen LogP) is 1.16. The number of nitrogens with zero attached hydrogens (tertiary/aromatic N) is 1. The minimum Gasteiger partial charge on any atom is -0.357 e. The van der Waals surface area contributed by atoms with E-state index in [2.05, 4.69) is 22.5 Å². The first kappa shape index (κ1) is 17.2. The number of aliphatic imine (C=N–C) groups is 1. The van der Waals surface area contributed by atoms with Crippen LogP contribution < -0.4 is 10.6 Å². The first-order valence-corrected chi connectivity index (χ1v) is 8.35. The minimum absolute atomic E-state index is 0.257. The van der Waals surface area contributed by atoms with Crippen LogP contribution in [0.2, 0.25) is 0 Å². The molecule has 0 atom stereocenters. The van der Waals surface area contributed by atoms with Crippen LogP contribution in [0.3, 0.4) is 0 Å². The van der Waals surface area contributed by atoms with E-state index in [1.54, 1.807) is 13.8 Å². The van der Waals surface area contributed by atoms with Crippen molar-refractivity contribution in [2.45, 2.75) is 45.3 Å². The Balaban J connectivity index is 4.57. The number of sulfone groups is 1. The molecule has 0 rings (SSSR count). The maximum absolute atomic E-state index is 11.6. The molecule has 0 amide bonds. The van der Waals surface area contributed by atoms with E-state index in [-0.39, 0.29) is 6.54 Å². The van der Waals surface area contributed by atoms with Crippen LogP contribution in [0, 0.1) is 0 Å². The summed E-state index contributed by atoms with van der Waals surface area (Å²) >= 11 is 0. The quantitative estimate of drug-likeness (QED) is 0.416. The van der Waals surface area contributed by atoms with Crippen molar-refractivity contribution in [1.29, 1.82) is 0 Å². The standard InChI is InChI=1S/C12H27N3O2S/c1-6-8-9-14-11(13-7-2)15-10-12(3,4)18(5,16)17/h6-10H2,1-5H3,(H2,13,14,15). The molecule has 0 aliphatic heterocycles. The fourth-order valence-electron chi connectivity index (χ4n) is 1.11. The average molecular weight is 277 g/mol. The predicted molar refractivity (Wildman–Crippen MR) is 77.8 cm³/mol. The van der Waals surface area contributed by atoms with E-state index in [0.29, 0.717) is 5.96 Å². The van der Waals surface area contributed by atoms with Gasteiger partial charge in [0.25, 0.3) is 0 Å². The normalized spacial score (nSPS) is 13.5. The zero-order valence-electron chi connectivity index (χ0n) is 12.2. The molecule has 2 N–H and O–H groups in total. The summed E-state index contributed by atoms with van der Waals surface area (Å²) in [7, 11) is -3.10. The smallest absolute Gasteiger partial charge is 0.191 e. The summed E-state index contributed by atoms with van der Waals surface area (Å²) in [5, 5.41) is 6.30. The summed E-state index contributed by atoms with van der Waals surface area (Å²) in [4.78, 5) is 4.34. The van der Waals surface area contributed by atoms with Crippen molar-refractivity contribution in [2.75, 3.05) is 25.9 Å². The van der Waals surface area contributed by atoms with Gasteiger partial charge >= 0.3 is 0 Å². The van der Waals surface area contributed by atoms with Crippen LogP contribution >= 0.6 is 0 Å². The summed E-state index contributed by atoms with van der Waals surface area (Å²) in [5.41, 5.74) is 0. The van der Waals surface area contributed by atoms with Crippen molar-refractivity contribution in [3.8, 4) is 0 Å². The molecule has 0 spiro atoms. The van der Waals surface area contributed by atoms with Crippen molar-refractivity contribution >= 4 is 15.8 Å². The summed E-state index contributed by atoms with van der Waals surface area (Å²) in [5.74, 6) is 0.683. The minimum atomic E-state index is -3.10. The van der Waals surface area contributed by atoms with Crippen molar-refractivity contribution in [3.05, 3.63) is 0 Å². The van der Waals surface area contributed by atoms with Gasteiger partial charge in [-0.2, -0.15) is 0 Å². The Kier molecular flexibility index (Phi) is 7.28. The molecule has 0 saturated heterocycles. The number of rotatable bonds is 7. The van der Waals surface area contributed by atoms with Crippen LogP contribution in [-0.2, 0) is 9.84 Å². The number of guanidine groups is 1.